The predicted molar refractivity (Wildman–Crippen MR) is 122 cm³/mol. The average Bonchev–Trinajstić information content (AvgIpc) is 3.22. The van der Waals surface area contributed by atoms with Crippen molar-refractivity contribution >= 4 is 46.6 Å². The largest absolute Gasteiger partial charge is 0.352 e. The molecule has 0 saturated heterocycles. The Labute approximate surface area is 192 Å². The van der Waals surface area contributed by atoms with Crippen LogP contribution in [0.25, 0.3) is 0 Å². The molecule has 1 atom stereocenters. The van der Waals surface area contributed by atoms with Crippen molar-refractivity contribution in [2.75, 3.05) is 0 Å². The third-order valence-electron chi connectivity index (χ3n) is 5.53. The highest BCUT2D eigenvalue weighted by molar-refractivity contribution is 6.36. The number of amides is 2. The maximum Gasteiger partial charge on any atom is 0.242 e. The number of halogens is 3. The third kappa shape index (κ3) is 5.90. The molecule has 160 valence electrons. The number of rotatable bonds is 7. The summed E-state index contributed by atoms with van der Waals surface area (Å²) in [5.41, 5.74) is 1.45. The van der Waals surface area contributed by atoms with Crippen molar-refractivity contribution in [3.8, 4) is 0 Å². The van der Waals surface area contributed by atoms with Crippen LogP contribution in [0.15, 0.2) is 42.5 Å². The molecule has 2 aromatic rings. The first kappa shape index (κ1) is 22.9. The van der Waals surface area contributed by atoms with Crippen LogP contribution in [0.2, 0.25) is 15.1 Å². The molecule has 1 aliphatic rings. The van der Waals surface area contributed by atoms with Gasteiger partial charge in [0.1, 0.15) is 6.04 Å². The van der Waals surface area contributed by atoms with Gasteiger partial charge in [0.05, 0.1) is 6.42 Å². The molecule has 0 radical (unpaired) electrons. The van der Waals surface area contributed by atoms with E-state index < -0.39 is 6.04 Å². The van der Waals surface area contributed by atoms with Crippen molar-refractivity contribution in [2.24, 2.45) is 0 Å². The van der Waals surface area contributed by atoms with Crippen LogP contribution in [0, 0.1) is 0 Å². The molecule has 2 aromatic carbocycles. The standard InChI is InChI=1S/C23H25Cl3N2O2/c1-15(23(30)27-18-5-2-3-6-18)28(14-19-20(25)7-4-8-21(19)26)22(29)13-16-9-11-17(24)12-10-16/h4,7-12,15,18H,2-3,5-6,13-14H2,1H3,(H,27,30)/t15-/m1/s1. The zero-order valence-corrected chi connectivity index (χ0v) is 19.1. The Hall–Kier alpha value is -1.75. The highest BCUT2D eigenvalue weighted by Gasteiger charge is 2.29. The Balaban J connectivity index is 1.81. The molecule has 1 aliphatic carbocycles. The molecule has 0 spiro atoms. The monoisotopic (exact) mass is 466 g/mol. The second-order valence-electron chi connectivity index (χ2n) is 7.69. The Morgan fingerprint density at radius 3 is 2.23 bits per heavy atom. The van der Waals surface area contributed by atoms with Gasteiger partial charge >= 0.3 is 0 Å². The van der Waals surface area contributed by atoms with E-state index >= 15 is 0 Å². The van der Waals surface area contributed by atoms with E-state index in [-0.39, 0.29) is 30.8 Å². The predicted octanol–water partition coefficient (Wildman–Crippen LogP) is 5.67. The van der Waals surface area contributed by atoms with Crippen molar-refractivity contribution in [1.29, 1.82) is 0 Å². The fraction of sp³-hybridized carbons (Fsp3) is 0.391. The molecule has 0 aliphatic heterocycles. The van der Waals surface area contributed by atoms with Crippen LogP contribution in [0.1, 0.15) is 43.7 Å². The van der Waals surface area contributed by atoms with Gasteiger partial charge in [-0.3, -0.25) is 9.59 Å². The second-order valence-corrected chi connectivity index (χ2v) is 8.94. The van der Waals surface area contributed by atoms with Gasteiger partial charge in [-0.25, -0.2) is 0 Å². The van der Waals surface area contributed by atoms with Crippen LogP contribution in [-0.2, 0) is 22.6 Å². The van der Waals surface area contributed by atoms with Crippen molar-refractivity contribution in [2.45, 2.75) is 57.7 Å². The number of hydrogen-bond donors (Lipinski definition) is 1. The second kappa shape index (κ2) is 10.5. The van der Waals surface area contributed by atoms with Crippen molar-refractivity contribution in [3.05, 3.63) is 68.7 Å². The molecule has 1 N–H and O–H groups in total. The van der Waals surface area contributed by atoms with Gasteiger partial charge in [0, 0.05) is 33.2 Å². The van der Waals surface area contributed by atoms with E-state index in [9.17, 15) is 9.59 Å². The lowest BCUT2D eigenvalue weighted by molar-refractivity contribution is -0.140. The summed E-state index contributed by atoms with van der Waals surface area (Å²) in [7, 11) is 0. The molecule has 0 aromatic heterocycles. The van der Waals surface area contributed by atoms with Crippen LogP contribution in [0.4, 0.5) is 0 Å². The highest BCUT2D eigenvalue weighted by atomic mass is 35.5. The van der Waals surface area contributed by atoms with E-state index in [0.29, 0.717) is 20.6 Å². The molecule has 4 nitrogen and oxygen atoms in total. The van der Waals surface area contributed by atoms with E-state index in [0.717, 1.165) is 31.2 Å². The molecule has 2 amide bonds. The van der Waals surface area contributed by atoms with Gasteiger partial charge in [-0.1, -0.05) is 65.8 Å². The third-order valence-corrected chi connectivity index (χ3v) is 6.49. The molecule has 1 fully saturated rings. The summed E-state index contributed by atoms with van der Waals surface area (Å²) >= 11 is 18.6. The minimum Gasteiger partial charge on any atom is -0.352 e. The Morgan fingerprint density at radius 2 is 1.63 bits per heavy atom. The minimum atomic E-state index is -0.655. The fourth-order valence-corrected chi connectivity index (χ4v) is 4.35. The van der Waals surface area contributed by atoms with Gasteiger partial charge < -0.3 is 10.2 Å². The molecule has 7 heteroatoms. The highest BCUT2D eigenvalue weighted by Crippen LogP contribution is 2.27. The van der Waals surface area contributed by atoms with Gasteiger partial charge in [0.15, 0.2) is 0 Å². The summed E-state index contributed by atoms with van der Waals surface area (Å²) in [4.78, 5) is 27.7. The fourth-order valence-electron chi connectivity index (χ4n) is 3.71. The number of carbonyl (C=O) groups excluding carboxylic acids is 2. The summed E-state index contributed by atoms with van der Waals surface area (Å²) in [6.07, 6.45) is 4.35. The van der Waals surface area contributed by atoms with Crippen LogP contribution in [-0.4, -0.2) is 28.8 Å². The molecule has 1 saturated carbocycles. The maximum absolute atomic E-state index is 13.2. The molecule has 3 rings (SSSR count). The molecule has 30 heavy (non-hydrogen) atoms. The average molecular weight is 468 g/mol. The van der Waals surface area contributed by atoms with Gasteiger partial charge in [-0.15, -0.1) is 0 Å². The van der Waals surface area contributed by atoms with Crippen molar-refractivity contribution in [1.82, 2.24) is 10.2 Å². The van der Waals surface area contributed by atoms with E-state index in [4.69, 9.17) is 34.8 Å². The molecule has 0 unspecified atom stereocenters. The Bertz CT molecular complexity index is 876. The minimum absolute atomic E-state index is 0.153. The first-order valence-electron chi connectivity index (χ1n) is 10.1. The quantitative estimate of drug-likeness (QED) is 0.571. The summed E-state index contributed by atoms with van der Waals surface area (Å²) in [5.74, 6) is -0.336. The summed E-state index contributed by atoms with van der Waals surface area (Å²) in [5, 5.41) is 4.63. The lowest BCUT2D eigenvalue weighted by Gasteiger charge is -2.30. The number of benzene rings is 2. The maximum atomic E-state index is 13.2. The van der Waals surface area contributed by atoms with Crippen LogP contribution in [0.5, 0.6) is 0 Å². The summed E-state index contributed by atoms with van der Waals surface area (Å²) < 4.78 is 0. The number of nitrogens with one attached hydrogen (secondary N) is 1. The van der Waals surface area contributed by atoms with Gasteiger partial charge in [-0.05, 0) is 49.6 Å². The smallest absolute Gasteiger partial charge is 0.242 e. The summed E-state index contributed by atoms with van der Waals surface area (Å²) in [6.45, 7) is 1.90. The number of nitrogens with zero attached hydrogens (tertiary/aromatic N) is 1. The lowest BCUT2D eigenvalue weighted by Crippen LogP contribution is -2.50. The van der Waals surface area contributed by atoms with Gasteiger partial charge in [0.2, 0.25) is 11.8 Å². The van der Waals surface area contributed by atoms with Crippen molar-refractivity contribution in [3.63, 3.8) is 0 Å². The van der Waals surface area contributed by atoms with Crippen LogP contribution >= 0.6 is 34.8 Å². The topological polar surface area (TPSA) is 49.4 Å². The van der Waals surface area contributed by atoms with E-state index in [1.54, 1.807) is 42.2 Å². The van der Waals surface area contributed by atoms with E-state index in [2.05, 4.69) is 5.32 Å². The van der Waals surface area contributed by atoms with E-state index in [1.807, 2.05) is 12.1 Å². The SMILES string of the molecule is C[C@H](C(=O)NC1CCCC1)N(Cc1c(Cl)cccc1Cl)C(=O)Cc1ccc(Cl)cc1. The lowest BCUT2D eigenvalue weighted by atomic mass is 10.1. The van der Waals surface area contributed by atoms with Crippen molar-refractivity contribution < 1.29 is 9.59 Å². The molecular formula is C23H25Cl3N2O2. The Morgan fingerprint density at radius 1 is 1.03 bits per heavy atom. The molecule has 0 heterocycles. The number of carbonyl (C=O) groups is 2. The van der Waals surface area contributed by atoms with Crippen LogP contribution < -0.4 is 5.32 Å². The Kier molecular flexibility index (Phi) is 8.04. The first-order valence-corrected chi connectivity index (χ1v) is 11.3. The normalized spacial score (nSPS) is 15.1. The first-order chi connectivity index (χ1) is 14.3. The summed E-state index contributed by atoms with van der Waals surface area (Å²) in [6, 6.07) is 11.8. The zero-order chi connectivity index (χ0) is 21.7. The van der Waals surface area contributed by atoms with E-state index in [1.165, 1.54) is 0 Å². The zero-order valence-electron chi connectivity index (χ0n) is 16.8. The van der Waals surface area contributed by atoms with Gasteiger partial charge in [0.25, 0.3) is 0 Å². The number of hydrogen-bond acceptors (Lipinski definition) is 2. The van der Waals surface area contributed by atoms with Gasteiger partial charge in [-0.2, -0.15) is 0 Å². The molecule has 0 bridgehead atoms. The molecular weight excluding hydrogens is 443 g/mol. The van der Waals surface area contributed by atoms with Crippen LogP contribution in [0.3, 0.4) is 0 Å².